The Morgan fingerprint density at radius 3 is 2.22 bits per heavy atom. The van der Waals surface area contributed by atoms with Crippen LogP contribution in [0.4, 0.5) is 5.69 Å². The van der Waals surface area contributed by atoms with E-state index in [0.717, 1.165) is 48.2 Å². The standard InChI is InChI=1S/C33H37Cl4N3O4S/c1-45(43,44)40(30-21-26(35)16-17-28(30)36)18-8-13-32(41)39(22-24-14-15-25(34)20-29(24)37)31(19-23-9-4-2-5-10-23)33(42)38-27-11-6-3-7-12-27/h2,4-5,9-10,14-17,20-21,27,31H,3,6-8,11-13,18-19,22H2,1H3,(H,38,42). The lowest BCUT2D eigenvalue weighted by molar-refractivity contribution is -0.141. The maximum atomic E-state index is 14.1. The second kappa shape index (κ2) is 16.4. The number of sulfonamides is 1. The summed E-state index contributed by atoms with van der Waals surface area (Å²) in [7, 11) is -3.75. The highest BCUT2D eigenvalue weighted by Gasteiger charge is 2.32. The van der Waals surface area contributed by atoms with E-state index in [0.29, 0.717) is 27.1 Å². The minimum atomic E-state index is -3.75. The van der Waals surface area contributed by atoms with Crippen LogP contribution in [0.15, 0.2) is 66.7 Å². The molecule has 0 aliphatic heterocycles. The molecular formula is C33H37Cl4N3O4S. The van der Waals surface area contributed by atoms with Crippen LogP contribution < -0.4 is 9.62 Å². The van der Waals surface area contributed by atoms with E-state index >= 15 is 0 Å². The summed E-state index contributed by atoms with van der Waals surface area (Å²) in [5.74, 6) is -0.543. The van der Waals surface area contributed by atoms with E-state index < -0.39 is 16.1 Å². The van der Waals surface area contributed by atoms with Crippen molar-refractivity contribution in [3.63, 3.8) is 0 Å². The summed E-state index contributed by atoms with van der Waals surface area (Å²) in [4.78, 5) is 29.6. The lowest BCUT2D eigenvalue weighted by Crippen LogP contribution is -2.53. The first-order valence-electron chi connectivity index (χ1n) is 14.9. The molecule has 1 unspecified atom stereocenters. The van der Waals surface area contributed by atoms with Gasteiger partial charge in [-0.15, -0.1) is 0 Å². The first kappa shape index (κ1) is 35.4. The van der Waals surface area contributed by atoms with Crippen molar-refractivity contribution in [3.05, 3.63) is 97.9 Å². The van der Waals surface area contributed by atoms with Gasteiger partial charge in [0.05, 0.1) is 17.0 Å². The fourth-order valence-electron chi connectivity index (χ4n) is 5.59. The van der Waals surface area contributed by atoms with Crippen molar-refractivity contribution in [1.82, 2.24) is 10.2 Å². The maximum Gasteiger partial charge on any atom is 0.243 e. The van der Waals surface area contributed by atoms with Crippen LogP contribution >= 0.6 is 46.4 Å². The molecule has 0 radical (unpaired) electrons. The molecule has 0 heterocycles. The second-order valence-corrected chi connectivity index (χ2v) is 14.9. The summed E-state index contributed by atoms with van der Waals surface area (Å²) in [5, 5.41) is 4.60. The summed E-state index contributed by atoms with van der Waals surface area (Å²) >= 11 is 25.2. The van der Waals surface area contributed by atoms with E-state index in [1.54, 1.807) is 29.2 Å². The number of rotatable bonds is 13. The molecule has 0 saturated heterocycles. The number of hydrogen-bond acceptors (Lipinski definition) is 4. The molecule has 3 aromatic rings. The number of carbonyl (C=O) groups excluding carboxylic acids is 2. The highest BCUT2D eigenvalue weighted by atomic mass is 35.5. The number of hydrogen-bond donors (Lipinski definition) is 1. The minimum absolute atomic E-state index is 0.0161. The SMILES string of the molecule is CS(=O)(=O)N(CCCC(=O)N(Cc1ccc(Cl)cc1Cl)C(Cc1ccccc1)C(=O)NC1CCCCC1)c1cc(Cl)ccc1Cl. The summed E-state index contributed by atoms with van der Waals surface area (Å²) in [6.07, 6.45) is 6.54. The van der Waals surface area contributed by atoms with E-state index in [1.807, 2.05) is 30.3 Å². The van der Waals surface area contributed by atoms with Gasteiger partial charge in [0, 0.05) is 47.0 Å². The van der Waals surface area contributed by atoms with Crippen LogP contribution in [0.2, 0.25) is 20.1 Å². The predicted octanol–water partition coefficient (Wildman–Crippen LogP) is 7.94. The Hall–Kier alpha value is -2.49. The van der Waals surface area contributed by atoms with Crippen molar-refractivity contribution >= 4 is 73.9 Å². The number of anilines is 1. The fraction of sp³-hybridized carbons (Fsp3) is 0.394. The van der Waals surface area contributed by atoms with Crippen LogP contribution in [0.25, 0.3) is 0 Å². The zero-order chi connectivity index (χ0) is 32.6. The molecule has 1 atom stereocenters. The van der Waals surface area contributed by atoms with Crippen LogP contribution in [0.3, 0.4) is 0 Å². The molecule has 3 aromatic carbocycles. The van der Waals surface area contributed by atoms with Gasteiger partial charge in [-0.1, -0.05) is 102 Å². The van der Waals surface area contributed by atoms with Gasteiger partial charge in [-0.05, 0) is 60.7 Å². The van der Waals surface area contributed by atoms with Crippen LogP contribution in [0.1, 0.15) is 56.1 Å². The molecular weight excluding hydrogens is 676 g/mol. The molecule has 0 bridgehead atoms. The molecule has 2 amide bonds. The largest absolute Gasteiger partial charge is 0.352 e. The molecule has 0 aromatic heterocycles. The third-order valence-electron chi connectivity index (χ3n) is 7.91. The Bertz CT molecular complexity index is 1580. The summed E-state index contributed by atoms with van der Waals surface area (Å²) < 4.78 is 26.6. The summed E-state index contributed by atoms with van der Waals surface area (Å²) in [6.45, 7) is 0.0537. The highest BCUT2D eigenvalue weighted by Crippen LogP contribution is 2.31. The Labute approximate surface area is 285 Å². The average Bonchev–Trinajstić information content (AvgIpc) is 2.99. The number of carbonyl (C=O) groups is 2. The lowest BCUT2D eigenvalue weighted by Gasteiger charge is -2.34. The third kappa shape index (κ3) is 10.2. The van der Waals surface area contributed by atoms with E-state index in [-0.39, 0.29) is 54.5 Å². The van der Waals surface area contributed by atoms with Gasteiger partial charge in [-0.2, -0.15) is 0 Å². The van der Waals surface area contributed by atoms with Crippen LogP contribution in [0, 0.1) is 0 Å². The minimum Gasteiger partial charge on any atom is -0.352 e. The summed E-state index contributed by atoms with van der Waals surface area (Å²) in [6, 6.07) is 18.4. The zero-order valence-electron chi connectivity index (χ0n) is 25.0. The Balaban J connectivity index is 1.63. The molecule has 242 valence electrons. The van der Waals surface area contributed by atoms with Gasteiger partial charge in [0.2, 0.25) is 21.8 Å². The Kier molecular flexibility index (Phi) is 12.9. The predicted molar refractivity (Wildman–Crippen MR) is 184 cm³/mol. The van der Waals surface area contributed by atoms with Crippen LogP contribution in [-0.4, -0.2) is 50.0 Å². The van der Waals surface area contributed by atoms with E-state index in [9.17, 15) is 18.0 Å². The van der Waals surface area contributed by atoms with E-state index in [4.69, 9.17) is 46.4 Å². The maximum absolute atomic E-state index is 14.1. The molecule has 4 rings (SSSR count). The monoisotopic (exact) mass is 711 g/mol. The number of nitrogens with one attached hydrogen (secondary N) is 1. The van der Waals surface area contributed by atoms with Crippen molar-refractivity contribution in [2.75, 3.05) is 17.1 Å². The molecule has 0 spiro atoms. The van der Waals surface area contributed by atoms with Gasteiger partial charge in [0.25, 0.3) is 0 Å². The van der Waals surface area contributed by atoms with Crippen molar-refractivity contribution in [3.8, 4) is 0 Å². The molecule has 1 aliphatic rings. The molecule has 12 heteroatoms. The van der Waals surface area contributed by atoms with E-state index in [1.165, 1.54) is 12.1 Å². The van der Waals surface area contributed by atoms with E-state index in [2.05, 4.69) is 5.32 Å². The van der Waals surface area contributed by atoms with Gasteiger partial charge in [-0.25, -0.2) is 8.42 Å². The number of nitrogens with zero attached hydrogens (tertiary/aromatic N) is 2. The van der Waals surface area contributed by atoms with Crippen molar-refractivity contribution < 1.29 is 18.0 Å². The number of benzene rings is 3. The lowest BCUT2D eigenvalue weighted by atomic mass is 9.94. The highest BCUT2D eigenvalue weighted by molar-refractivity contribution is 7.92. The number of amides is 2. The first-order chi connectivity index (χ1) is 21.4. The average molecular weight is 714 g/mol. The molecule has 1 fully saturated rings. The Morgan fingerprint density at radius 2 is 1.56 bits per heavy atom. The van der Waals surface area contributed by atoms with Crippen molar-refractivity contribution in [1.29, 1.82) is 0 Å². The smallest absolute Gasteiger partial charge is 0.243 e. The zero-order valence-corrected chi connectivity index (χ0v) is 28.9. The second-order valence-electron chi connectivity index (χ2n) is 11.3. The molecule has 1 N–H and O–H groups in total. The molecule has 1 aliphatic carbocycles. The van der Waals surface area contributed by atoms with Crippen molar-refractivity contribution in [2.24, 2.45) is 0 Å². The first-order valence-corrected chi connectivity index (χ1v) is 18.3. The Morgan fingerprint density at radius 1 is 0.889 bits per heavy atom. The van der Waals surface area contributed by atoms with Gasteiger partial charge in [-0.3, -0.25) is 13.9 Å². The molecule has 1 saturated carbocycles. The fourth-order valence-corrected chi connectivity index (χ4v) is 7.46. The topological polar surface area (TPSA) is 86.8 Å². The van der Waals surface area contributed by atoms with Crippen LogP contribution in [0.5, 0.6) is 0 Å². The summed E-state index contributed by atoms with van der Waals surface area (Å²) in [5.41, 5.74) is 1.78. The molecule has 45 heavy (non-hydrogen) atoms. The van der Waals surface area contributed by atoms with Gasteiger partial charge in [0.1, 0.15) is 6.04 Å². The normalized spacial score (nSPS) is 14.5. The quantitative estimate of drug-likeness (QED) is 0.195. The third-order valence-corrected chi connectivity index (χ3v) is 10.2. The van der Waals surface area contributed by atoms with Gasteiger partial charge < -0.3 is 10.2 Å². The van der Waals surface area contributed by atoms with Gasteiger partial charge >= 0.3 is 0 Å². The van der Waals surface area contributed by atoms with Crippen LogP contribution in [-0.2, 0) is 32.6 Å². The van der Waals surface area contributed by atoms with Crippen molar-refractivity contribution in [2.45, 2.75) is 70.0 Å². The number of halogens is 4. The van der Waals surface area contributed by atoms with Gasteiger partial charge in [0.15, 0.2) is 0 Å². The molecule has 7 nitrogen and oxygen atoms in total.